The van der Waals surface area contributed by atoms with Gasteiger partial charge in [-0.1, -0.05) is 27.5 Å². The van der Waals surface area contributed by atoms with Gasteiger partial charge in [0.1, 0.15) is 5.15 Å². The van der Waals surface area contributed by atoms with Crippen LogP contribution in [0, 0.1) is 0 Å². The Morgan fingerprint density at radius 3 is 2.83 bits per heavy atom. The number of hydrogen-bond acceptors (Lipinski definition) is 4. The monoisotopic (exact) mass is 395 g/mol. The number of ether oxygens (including phenoxy) is 1. The summed E-state index contributed by atoms with van der Waals surface area (Å²) in [5, 5.41) is 3.12. The van der Waals surface area contributed by atoms with Crippen molar-refractivity contribution in [3.05, 3.63) is 51.7 Å². The molecule has 1 N–H and O–H groups in total. The summed E-state index contributed by atoms with van der Waals surface area (Å²) in [4.78, 5) is 18.6. The van der Waals surface area contributed by atoms with Crippen molar-refractivity contribution in [3.8, 4) is 0 Å². The molecule has 2 aromatic rings. The Morgan fingerprint density at radius 2 is 2.09 bits per heavy atom. The van der Waals surface area contributed by atoms with Gasteiger partial charge >= 0.3 is 0 Å². The first-order valence-corrected chi connectivity index (χ1v) is 8.36. The molecule has 1 fully saturated rings. The first kappa shape index (κ1) is 16.2. The Kier molecular flexibility index (Phi) is 5.15. The number of halogens is 2. The summed E-state index contributed by atoms with van der Waals surface area (Å²) >= 11 is 9.44. The molecule has 3 rings (SSSR count). The maximum atomic E-state index is 12.5. The van der Waals surface area contributed by atoms with Crippen LogP contribution >= 0.6 is 27.5 Å². The highest BCUT2D eigenvalue weighted by molar-refractivity contribution is 9.10. The van der Waals surface area contributed by atoms with Crippen molar-refractivity contribution in [2.45, 2.75) is 0 Å². The fraction of sp³-hybridized carbons (Fsp3) is 0.250. The third-order valence-electron chi connectivity index (χ3n) is 3.56. The van der Waals surface area contributed by atoms with E-state index in [1.165, 1.54) is 0 Å². The number of nitrogens with one attached hydrogen (secondary N) is 1. The van der Waals surface area contributed by atoms with Crippen LogP contribution in [0.25, 0.3) is 0 Å². The maximum Gasteiger partial charge on any atom is 0.258 e. The zero-order chi connectivity index (χ0) is 16.2. The third kappa shape index (κ3) is 3.83. The van der Waals surface area contributed by atoms with Crippen molar-refractivity contribution in [2.75, 3.05) is 36.5 Å². The van der Waals surface area contributed by atoms with Gasteiger partial charge in [0.15, 0.2) is 0 Å². The fourth-order valence-electron chi connectivity index (χ4n) is 2.43. The topological polar surface area (TPSA) is 54.5 Å². The quantitative estimate of drug-likeness (QED) is 0.806. The molecule has 0 radical (unpaired) electrons. The van der Waals surface area contributed by atoms with Gasteiger partial charge in [-0.2, -0.15) is 0 Å². The van der Waals surface area contributed by atoms with Crippen LogP contribution in [0.4, 0.5) is 11.4 Å². The zero-order valence-electron chi connectivity index (χ0n) is 12.3. The molecule has 1 aromatic carbocycles. The van der Waals surface area contributed by atoms with Crippen molar-refractivity contribution >= 4 is 44.8 Å². The van der Waals surface area contributed by atoms with Crippen LogP contribution in [-0.2, 0) is 4.74 Å². The van der Waals surface area contributed by atoms with Crippen molar-refractivity contribution in [1.82, 2.24) is 4.98 Å². The van der Waals surface area contributed by atoms with Crippen LogP contribution in [0.5, 0.6) is 0 Å². The smallest absolute Gasteiger partial charge is 0.258 e. The molecule has 0 unspecified atom stereocenters. The minimum atomic E-state index is -0.282. The Bertz CT molecular complexity index is 720. The predicted octanol–water partition coefficient (Wildman–Crippen LogP) is 3.59. The second-order valence-electron chi connectivity index (χ2n) is 5.06. The number of aromatic nitrogens is 1. The molecule has 1 saturated heterocycles. The largest absolute Gasteiger partial charge is 0.378 e. The molecule has 1 aliphatic heterocycles. The molecule has 0 spiro atoms. The minimum Gasteiger partial charge on any atom is -0.378 e. The van der Waals surface area contributed by atoms with E-state index in [9.17, 15) is 4.79 Å². The van der Waals surface area contributed by atoms with Gasteiger partial charge in [0.2, 0.25) is 0 Å². The van der Waals surface area contributed by atoms with Gasteiger partial charge in [-0.05, 0) is 30.3 Å². The lowest BCUT2D eigenvalue weighted by Crippen LogP contribution is -2.36. The van der Waals surface area contributed by atoms with Crippen LogP contribution in [0.3, 0.4) is 0 Å². The highest BCUT2D eigenvalue weighted by Crippen LogP contribution is 2.30. The van der Waals surface area contributed by atoms with Crippen LogP contribution in [-0.4, -0.2) is 37.2 Å². The normalized spacial score (nSPS) is 14.6. The lowest BCUT2D eigenvalue weighted by atomic mass is 10.2. The summed E-state index contributed by atoms with van der Waals surface area (Å²) in [5.74, 6) is -0.282. The number of amides is 1. The Hall–Kier alpha value is -1.63. The van der Waals surface area contributed by atoms with Crippen molar-refractivity contribution < 1.29 is 9.53 Å². The van der Waals surface area contributed by atoms with Gasteiger partial charge in [-0.25, -0.2) is 4.98 Å². The number of carbonyl (C=O) groups excluding carboxylic acids is 1. The third-order valence-corrected chi connectivity index (χ3v) is 4.36. The molecule has 1 aromatic heterocycles. The second-order valence-corrected chi connectivity index (χ2v) is 6.33. The molecule has 0 saturated carbocycles. The molecule has 0 bridgehead atoms. The van der Waals surface area contributed by atoms with Gasteiger partial charge in [-0.3, -0.25) is 4.79 Å². The molecule has 2 heterocycles. The van der Waals surface area contributed by atoms with E-state index >= 15 is 0 Å². The van der Waals surface area contributed by atoms with E-state index in [4.69, 9.17) is 16.3 Å². The van der Waals surface area contributed by atoms with Gasteiger partial charge < -0.3 is 15.0 Å². The molecule has 120 valence electrons. The van der Waals surface area contributed by atoms with Crippen molar-refractivity contribution in [1.29, 1.82) is 0 Å². The van der Waals surface area contributed by atoms with E-state index in [1.807, 2.05) is 18.2 Å². The average Bonchev–Trinajstić information content (AvgIpc) is 2.56. The summed E-state index contributed by atoms with van der Waals surface area (Å²) in [5.41, 5.74) is 2.04. The Balaban J connectivity index is 1.88. The van der Waals surface area contributed by atoms with Crippen molar-refractivity contribution in [3.63, 3.8) is 0 Å². The van der Waals surface area contributed by atoms with E-state index in [2.05, 4.69) is 31.1 Å². The SMILES string of the molecule is O=C(Nc1cc(Br)ccc1N1CCOCC1)c1cccnc1Cl. The number of nitrogens with zero attached hydrogens (tertiary/aromatic N) is 2. The molecule has 0 atom stereocenters. The predicted molar refractivity (Wildman–Crippen MR) is 94.4 cm³/mol. The Labute approximate surface area is 147 Å². The van der Waals surface area contributed by atoms with Gasteiger partial charge in [0.05, 0.1) is 30.2 Å². The highest BCUT2D eigenvalue weighted by Gasteiger charge is 2.18. The van der Waals surface area contributed by atoms with Crippen molar-refractivity contribution in [2.24, 2.45) is 0 Å². The Morgan fingerprint density at radius 1 is 1.30 bits per heavy atom. The minimum absolute atomic E-state index is 0.188. The first-order chi connectivity index (χ1) is 11.1. The average molecular weight is 397 g/mol. The zero-order valence-corrected chi connectivity index (χ0v) is 14.6. The number of morpholine rings is 1. The van der Waals surface area contributed by atoms with Gasteiger partial charge in [-0.15, -0.1) is 0 Å². The maximum absolute atomic E-state index is 12.5. The number of pyridine rings is 1. The molecular formula is C16H15BrClN3O2. The number of rotatable bonds is 3. The molecule has 1 aliphatic rings. The van der Waals surface area contributed by atoms with Crippen LogP contribution in [0.1, 0.15) is 10.4 Å². The molecule has 23 heavy (non-hydrogen) atoms. The second kappa shape index (κ2) is 7.29. The van der Waals surface area contributed by atoms with E-state index < -0.39 is 0 Å². The number of carbonyl (C=O) groups is 1. The summed E-state index contributed by atoms with van der Waals surface area (Å²) in [6, 6.07) is 9.15. The summed E-state index contributed by atoms with van der Waals surface area (Å²) in [6.07, 6.45) is 1.55. The lowest BCUT2D eigenvalue weighted by Gasteiger charge is -2.30. The molecule has 5 nitrogen and oxygen atoms in total. The van der Waals surface area contributed by atoms with Gasteiger partial charge in [0.25, 0.3) is 5.91 Å². The number of benzene rings is 1. The van der Waals surface area contributed by atoms with Crippen LogP contribution in [0.2, 0.25) is 5.15 Å². The molecule has 0 aliphatic carbocycles. The molecule has 1 amide bonds. The molecular weight excluding hydrogens is 382 g/mol. The first-order valence-electron chi connectivity index (χ1n) is 7.19. The number of hydrogen-bond donors (Lipinski definition) is 1. The van der Waals surface area contributed by atoms with E-state index in [0.29, 0.717) is 18.8 Å². The highest BCUT2D eigenvalue weighted by atomic mass is 79.9. The summed E-state index contributed by atoms with van der Waals surface area (Å²) in [6.45, 7) is 2.94. The van der Waals surface area contributed by atoms with E-state index in [0.717, 1.165) is 28.9 Å². The van der Waals surface area contributed by atoms with Crippen LogP contribution < -0.4 is 10.2 Å². The summed E-state index contributed by atoms with van der Waals surface area (Å²) < 4.78 is 6.28. The number of anilines is 2. The van der Waals surface area contributed by atoms with Gasteiger partial charge in [0, 0.05) is 23.8 Å². The summed E-state index contributed by atoms with van der Waals surface area (Å²) in [7, 11) is 0. The van der Waals surface area contributed by atoms with E-state index in [1.54, 1.807) is 18.3 Å². The lowest BCUT2D eigenvalue weighted by molar-refractivity contribution is 0.102. The fourth-order valence-corrected chi connectivity index (χ4v) is 3.00. The van der Waals surface area contributed by atoms with E-state index in [-0.39, 0.29) is 11.1 Å². The standard InChI is InChI=1S/C16H15BrClN3O2/c17-11-3-4-14(21-6-8-23-9-7-21)13(10-11)20-16(22)12-2-1-5-19-15(12)18/h1-5,10H,6-9H2,(H,20,22). The molecule has 7 heteroatoms. The van der Waals surface area contributed by atoms with Crippen LogP contribution in [0.15, 0.2) is 41.0 Å².